The maximum atomic E-state index is 13.8. The Kier molecular flexibility index (Phi) is 7.32. The molecule has 0 radical (unpaired) electrons. The molecule has 2 aromatic carbocycles. The fraction of sp³-hybridized carbons (Fsp3) is 0.417. The number of nitrogens with zero attached hydrogens (tertiary/aromatic N) is 4. The Labute approximate surface area is 203 Å². The summed E-state index contributed by atoms with van der Waals surface area (Å²) in [4.78, 5) is 22.2. The molecular weight excluding hydrogens is 475 g/mol. The monoisotopic (exact) mass is 504 g/mol. The molecule has 1 saturated heterocycles. The Hall–Kier alpha value is -2.40. The quantitative estimate of drug-likeness (QED) is 0.466. The van der Waals surface area contributed by atoms with E-state index in [0.29, 0.717) is 24.5 Å². The lowest BCUT2D eigenvalue weighted by Gasteiger charge is -2.29. The Bertz CT molecular complexity index is 1280. The maximum absolute atomic E-state index is 13.8. The molecule has 0 bridgehead atoms. The first-order valence-electron chi connectivity index (χ1n) is 11.3. The molecule has 1 aliphatic rings. The molecule has 4 rings (SSSR count). The molecule has 3 aromatic rings. The van der Waals surface area contributed by atoms with Gasteiger partial charge in [-0.15, -0.1) is 0 Å². The van der Waals surface area contributed by atoms with E-state index in [9.17, 15) is 17.6 Å². The molecular formula is C24H29FN4O3S2. The van der Waals surface area contributed by atoms with E-state index in [1.807, 2.05) is 44.1 Å². The topological polar surface area (TPSA) is 73.8 Å². The van der Waals surface area contributed by atoms with Crippen LogP contribution in [0.3, 0.4) is 0 Å². The van der Waals surface area contributed by atoms with Gasteiger partial charge in [0, 0.05) is 13.1 Å². The highest BCUT2D eigenvalue weighted by atomic mass is 32.2. The molecule has 0 saturated carbocycles. The predicted octanol–water partition coefficient (Wildman–Crippen LogP) is 3.88. The number of aromatic nitrogens is 1. The summed E-state index contributed by atoms with van der Waals surface area (Å²) < 4.78 is 42.2. The van der Waals surface area contributed by atoms with Gasteiger partial charge < -0.3 is 4.90 Å². The van der Waals surface area contributed by atoms with Gasteiger partial charge in [-0.05, 0) is 88.8 Å². The number of thiazole rings is 1. The molecule has 1 unspecified atom stereocenters. The molecule has 1 amide bonds. The summed E-state index contributed by atoms with van der Waals surface area (Å²) in [5, 5.41) is 0.579. The van der Waals surface area contributed by atoms with E-state index in [0.717, 1.165) is 40.9 Å². The van der Waals surface area contributed by atoms with Crippen molar-refractivity contribution in [1.29, 1.82) is 0 Å². The minimum absolute atomic E-state index is 0.0109. The van der Waals surface area contributed by atoms with Crippen LogP contribution in [0, 0.1) is 12.7 Å². The van der Waals surface area contributed by atoms with Crippen LogP contribution in [0.5, 0.6) is 0 Å². The number of hydrogen-bond acceptors (Lipinski definition) is 6. The van der Waals surface area contributed by atoms with Crippen molar-refractivity contribution in [2.24, 2.45) is 0 Å². The lowest BCUT2D eigenvalue weighted by atomic mass is 10.2. The first kappa shape index (κ1) is 24.7. The van der Waals surface area contributed by atoms with E-state index in [4.69, 9.17) is 4.98 Å². The van der Waals surface area contributed by atoms with Crippen LogP contribution in [-0.2, 0) is 14.8 Å². The normalized spacial score (nSPS) is 17.0. The van der Waals surface area contributed by atoms with Crippen LogP contribution in [0.1, 0.15) is 24.8 Å². The third-order valence-electron chi connectivity index (χ3n) is 5.93. The Morgan fingerprint density at radius 2 is 1.91 bits per heavy atom. The second-order valence-electron chi connectivity index (χ2n) is 8.84. The van der Waals surface area contributed by atoms with Crippen LogP contribution in [0.15, 0.2) is 47.4 Å². The van der Waals surface area contributed by atoms with Gasteiger partial charge in [0.05, 0.1) is 15.1 Å². The second kappa shape index (κ2) is 10.1. The van der Waals surface area contributed by atoms with Crippen molar-refractivity contribution >= 4 is 42.6 Å². The predicted molar refractivity (Wildman–Crippen MR) is 133 cm³/mol. The number of carbonyl (C=O) groups is 1. The van der Waals surface area contributed by atoms with Crippen LogP contribution in [0.4, 0.5) is 9.52 Å². The summed E-state index contributed by atoms with van der Waals surface area (Å²) in [5.41, 5.74) is 1.93. The number of carbonyl (C=O) groups excluding carboxylic acids is 1. The summed E-state index contributed by atoms with van der Waals surface area (Å²) in [6.07, 6.45) is 1.75. The zero-order valence-electron chi connectivity index (χ0n) is 19.6. The number of sulfonamides is 1. The fourth-order valence-electron chi connectivity index (χ4n) is 4.18. The molecule has 0 aliphatic carbocycles. The summed E-state index contributed by atoms with van der Waals surface area (Å²) in [5.74, 6) is -0.774. The van der Waals surface area contributed by atoms with Gasteiger partial charge >= 0.3 is 0 Å². The van der Waals surface area contributed by atoms with Crippen molar-refractivity contribution in [3.05, 3.63) is 53.8 Å². The molecule has 1 atom stereocenters. The summed E-state index contributed by atoms with van der Waals surface area (Å²) in [7, 11) is 0.0100. The third-order valence-corrected chi connectivity index (χ3v) is 8.89. The molecule has 10 heteroatoms. The van der Waals surface area contributed by atoms with Crippen molar-refractivity contribution in [3.8, 4) is 0 Å². The molecule has 1 aromatic heterocycles. The third kappa shape index (κ3) is 5.14. The van der Waals surface area contributed by atoms with Crippen molar-refractivity contribution in [2.45, 2.75) is 37.1 Å². The van der Waals surface area contributed by atoms with Crippen LogP contribution < -0.4 is 4.90 Å². The zero-order chi connectivity index (χ0) is 24.5. The molecule has 1 fully saturated rings. The Morgan fingerprint density at radius 3 is 2.62 bits per heavy atom. The number of fused-ring (bicyclic) bond motifs is 1. The van der Waals surface area contributed by atoms with Gasteiger partial charge in [-0.2, -0.15) is 4.31 Å². The minimum atomic E-state index is -3.94. The highest BCUT2D eigenvalue weighted by Crippen LogP contribution is 2.33. The molecule has 182 valence electrons. The minimum Gasteiger partial charge on any atom is -0.309 e. The zero-order valence-corrected chi connectivity index (χ0v) is 21.2. The van der Waals surface area contributed by atoms with Crippen molar-refractivity contribution in [2.75, 3.05) is 38.6 Å². The fourth-order valence-corrected chi connectivity index (χ4v) is 6.92. The van der Waals surface area contributed by atoms with E-state index in [-0.39, 0.29) is 17.3 Å². The van der Waals surface area contributed by atoms with Gasteiger partial charge in [-0.25, -0.2) is 17.8 Å². The highest BCUT2D eigenvalue weighted by Gasteiger charge is 2.42. The molecule has 2 heterocycles. The molecule has 1 aliphatic heterocycles. The second-order valence-corrected chi connectivity index (χ2v) is 11.7. The van der Waals surface area contributed by atoms with Crippen LogP contribution in [0.2, 0.25) is 0 Å². The molecule has 0 N–H and O–H groups in total. The van der Waals surface area contributed by atoms with E-state index < -0.39 is 21.9 Å². The van der Waals surface area contributed by atoms with Gasteiger partial charge in [0.2, 0.25) is 15.9 Å². The average Bonchev–Trinajstić information content (AvgIpc) is 3.44. The van der Waals surface area contributed by atoms with Crippen molar-refractivity contribution < 1.29 is 17.6 Å². The van der Waals surface area contributed by atoms with E-state index in [2.05, 4.69) is 0 Å². The first-order valence-corrected chi connectivity index (χ1v) is 13.5. The average molecular weight is 505 g/mol. The summed E-state index contributed by atoms with van der Waals surface area (Å²) in [6, 6.07) is 9.88. The van der Waals surface area contributed by atoms with Gasteiger partial charge in [-0.1, -0.05) is 17.4 Å². The lowest BCUT2D eigenvalue weighted by Crippen LogP contribution is -2.48. The largest absolute Gasteiger partial charge is 0.309 e. The van der Waals surface area contributed by atoms with Gasteiger partial charge in [-0.3, -0.25) is 9.69 Å². The molecule has 0 spiro atoms. The van der Waals surface area contributed by atoms with Crippen molar-refractivity contribution in [3.63, 3.8) is 0 Å². The number of hydrogen-bond donors (Lipinski definition) is 0. The summed E-state index contributed by atoms with van der Waals surface area (Å²) >= 11 is 1.44. The van der Waals surface area contributed by atoms with E-state index >= 15 is 0 Å². The number of anilines is 1. The van der Waals surface area contributed by atoms with Crippen molar-refractivity contribution in [1.82, 2.24) is 14.2 Å². The van der Waals surface area contributed by atoms with Gasteiger partial charge in [0.25, 0.3) is 0 Å². The number of benzene rings is 2. The van der Waals surface area contributed by atoms with Gasteiger partial charge in [0.1, 0.15) is 11.9 Å². The van der Waals surface area contributed by atoms with Crippen LogP contribution >= 0.6 is 11.3 Å². The number of aryl methyl sites for hydroxylation is 1. The molecule has 7 nitrogen and oxygen atoms in total. The lowest BCUT2D eigenvalue weighted by molar-refractivity contribution is -0.121. The van der Waals surface area contributed by atoms with Crippen LogP contribution in [-0.4, -0.2) is 68.3 Å². The standard InChI is InChI=1S/C24H29FN4O3S2/c1-17-7-12-20-22(16-17)33-24(26-20)28(14-5-13-27(2)3)23(30)21-6-4-15-29(21)34(31,32)19-10-8-18(25)9-11-19/h7-12,16,21H,4-6,13-15H2,1-3H3. The SMILES string of the molecule is Cc1ccc2nc(N(CCCN(C)C)C(=O)C3CCCN3S(=O)(=O)c3ccc(F)cc3)sc2c1. The van der Waals surface area contributed by atoms with E-state index in [1.54, 1.807) is 4.90 Å². The van der Waals surface area contributed by atoms with E-state index in [1.165, 1.54) is 27.8 Å². The smallest absolute Gasteiger partial charge is 0.247 e. The van der Waals surface area contributed by atoms with Gasteiger partial charge in [0.15, 0.2) is 5.13 Å². The number of amides is 1. The van der Waals surface area contributed by atoms with Crippen LogP contribution in [0.25, 0.3) is 10.2 Å². The Morgan fingerprint density at radius 1 is 1.18 bits per heavy atom. The first-order chi connectivity index (χ1) is 16.2. The Balaban J connectivity index is 1.65. The highest BCUT2D eigenvalue weighted by molar-refractivity contribution is 7.89. The summed E-state index contributed by atoms with van der Waals surface area (Å²) in [6.45, 7) is 3.49. The number of rotatable bonds is 8. The maximum Gasteiger partial charge on any atom is 0.247 e. The number of halogens is 1. The molecule has 34 heavy (non-hydrogen) atoms.